The van der Waals surface area contributed by atoms with Gasteiger partial charge >= 0.3 is 0 Å². The first-order valence-corrected chi connectivity index (χ1v) is 6.61. The number of rotatable bonds is 3. The number of hydrogen-bond donors (Lipinski definition) is 1. The van der Waals surface area contributed by atoms with E-state index >= 15 is 0 Å². The van der Waals surface area contributed by atoms with Crippen LogP contribution in [0.5, 0.6) is 0 Å². The summed E-state index contributed by atoms with van der Waals surface area (Å²) in [7, 11) is 0. The van der Waals surface area contributed by atoms with Crippen LogP contribution in [0.15, 0.2) is 24.5 Å². The van der Waals surface area contributed by atoms with Crippen molar-refractivity contribution in [3.05, 3.63) is 30.1 Å². The predicted molar refractivity (Wildman–Crippen MR) is 70.6 cm³/mol. The third-order valence-electron chi connectivity index (χ3n) is 3.74. The molecule has 94 valence electrons. The highest BCUT2D eigenvalue weighted by Gasteiger charge is 2.29. The smallest absolute Gasteiger partial charge is 0.0514 e. The Hall–Kier alpha value is -0.930. The SMILES string of the molecule is CC(N)C(c1cccnc1)N1CCCCC1C. The zero-order valence-electron chi connectivity index (χ0n) is 10.8. The van der Waals surface area contributed by atoms with Crippen molar-refractivity contribution in [2.75, 3.05) is 6.54 Å². The van der Waals surface area contributed by atoms with Gasteiger partial charge in [0.15, 0.2) is 0 Å². The zero-order chi connectivity index (χ0) is 12.3. The van der Waals surface area contributed by atoms with Gasteiger partial charge in [0.05, 0.1) is 6.04 Å². The Bertz CT molecular complexity index is 337. The van der Waals surface area contributed by atoms with Crippen molar-refractivity contribution in [1.82, 2.24) is 9.88 Å². The summed E-state index contributed by atoms with van der Waals surface area (Å²) in [6.45, 7) is 5.56. The maximum atomic E-state index is 6.19. The van der Waals surface area contributed by atoms with E-state index in [2.05, 4.69) is 29.8 Å². The van der Waals surface area contributed by atoms with Crippen LogP contribution in [0.1, 0.15) is 44.7 Å². The molecule has 1 aromatic rings. The lowest BCUT2D eigenvalue weighted by molar-refractivity contribution is 0.0921. The predicted octanol–water partition coefficient (Wildman–Crippen LogP) is 2.34. The molecular formula is C14H23N3. The van der Waals surface area contributed by atoms with Gasteiger partial charge in [0.25, 0.3) is 0 Å². The van der Waals surface area contributed by atoms with E-state index in [0.29, 0.717) is 12.1 Å². The molecule has 17 heavy (non-hydrogen) atoms. The Balaban J connectivity index is 2.22. The summed E-state index contributed by atoms with van der Waals surface area (Å²) >= 11 is 0. The van der Waals surface area contributed by atoms with Crippen molar-refractivity contribution < 1.29 is 0 Å². The van der Waals surface area contributed by atoms with Crippen molar-refractivity contribution in [1.29, 1.82) is 0 Å². The molecule has 2 heterocycles. The Morgan fingerprint density at radius 3 is 2.88 bits per heavy atom. The van der Waals surface area contributed by atoms with Gasteiger partial charge in [0.2, 0.25) is 0 Å². The molecule has 1 aromatic heterocycles. The maximum Gasteiger partial charge on any atom is 0.0514 e. The van der Waals surface area contributed by atoms with Crippen LogP contribution in [0.2, 0.25) is 0 Å². The lowest BCUT2D eigenvalue weighted by Gasteiger charge is -2.41. The fourth-order valence-corrected chi connectivity index (χ4v) is 2.88. The zero-order valence-corrected chi connectivity index (χ0v) is 10.8. The quantitative estimate of drug-likeness (QED) is 0.871. The topological polar surface area (TPSA) is 42.1 Å². The third-order valence-corrected chi connectivity index (χ3v) is 3.74. The molecule has 3 nitrogen and oxygen atoms in total. The molecule has 1 saturated heterocycles. The molecule has 0 amide bonds. The van der Waals surface area contributed by atoms with Crippen LogP contribution in [0, 0.1) is 0 Å². The fraction of sp³-hybridized carbons (Fsp3) is 0.643. The van der Waals surface area contributed by atoms with E-state index in [-0.39, 0.29) is 6.04 Å². The van der Waals surface area contributed by atoms with E-state index in [9.17, 15) is 0 Å². The van der Waals surface area contributed by atoms with Gasteiger partial charge in [-0.2, -0.15) is 0 Å². The molecule has 0 bridgehead atoms. The van der Waals surface area contributed by atoms with Gasteiger partial charge in [-0.25, -0.2) is 0 Å². The van der Waals surface area contributed by atoms with E-state index in [1.165, 1.54) is 24.8 Å². The van der Waals surface area contributed by atoms with Gasteiger partial charge in [-0.1, -0.05) is 12.5 Å². The number of nitrogens with zero attached hydrogens (tertiary/aromatic N) is 2. The van der Waals surface area contributed by atoms with Crippen LogP contribution >= 0.6 is 0 Å². The number of piperidine rings is 1. The Morgan fingerprint density at radius 2 is 2.29 bits per heavy atom. The molecule has 0 spiro atoms. The first-order valence-electron chi connectivity index (χ1n) is 6.61. The van der Waals surface area contributed by atoms with Gasteiger partial charge in [-0.15, -0.1) is 0 Å². The van der Waals surface area contributed by atoms with Crippen LogP contribution in [0.3, 0.4) is 0 Å². The van der Waals surface area contributed by atoms with Crippen molar-refractivity contribution >= 4 is 0 Å². The van der Waals surface area contributed by atoms with Gasteiger partial charge < -0.3 is 5.73 Å². The Morgan fingerprint density at radius 1 is 1.47 bits per heavy atom. The van der Waals surface area contributed by atoms with Gasteiger partial charge in [0.1, 0.15) is 0 Å². The van der Waals surface area contributed by atoms with Crippen molar-refractivity contribution in [3.8, 4) is 0 Å². The number of hydrogen-bond acceptors (Lipinski definition) is 3. The van der Waals surface area contributed by atoms with Crippen LogP contribution in [-0.4, -0.2) is 28.5 Å². The molecule has 1 aliphatic heterocycles. The fourth-order valence-electron chi connectivity index (χ4n) is 2.88. The van der Waals surface area contributed by atoms with Gasteiger partial charge in [-0.3, -0.25) is 9.88 Å². The highest BCUT2D eigenvalue weighted by molar-refractivity contribution is 5.16. The molecule has 3 atom stereocenters. The minimum atomic E-state index is 0.139. The summed E-state index contributed by atoms with van der Waals surface area (Å²) in [5.74, 6) is 0. The van der Waals surface area contributed by atoms with Crippen LogP contribution in [0.25, 0.3) is 0 Å². The average molecular weight is 233 g/mol. The summed E-state index contributed by atoms with van der Waals surface area (Å²) in [6, 6.07) is 5.21. The first kappa shape index (κ1) is 12.5. The van der Waals surface area contributed by atoms with E-state index in [1.807, 2.05) is 18.5 Å². The van der Waals surface area contributed by atoms with Crippen LogP contribution < -0.4 is 5.73 Å². The number of likely N-dealkylation sites (tertiary alicyclic amines) is 1. The average Bonchev–Trinajstić information content (AvgIpc) is 2.33. The standard InChI is InChI=1S/C14H23N3/c1-11-6-3-4-9-17(11)14(12(2)15)13-7-5-8-16-10-13/h5,7-8,10-12,14H,3-4,6,9,15H2,1-2H3. The third kappa shape index (κ3) is 2.85. The van der Waals surface area contributed by atoms with E-state index < -0.39 is 0 Å². The van der Waals surface area contributed by atoms with E-state index in [0.717, 1.165) is 6.54 Å². The van der Waals surface area contributed by atoms with E-state index in [1.54, 1.807) is 0 Å². The molecule has 3 unspecified atom stereocenters. The first-order chi connectivity index (χ1) is 8.20. The molecule has 0 saturated carbocycles. The molecular weight excluding hydrogens is 210 g/mol. The second-order valence-electron chi connectivity index (χ2n) is 5.17. The minimum Gasteiger partial charge on any atom is -0.326 e. The molecule has 2 rings (SSSR count). The molecule has 0 aliphatic carbocycles. The highest BCUT2D eigenvalue weighted by atomic mass is 15.2. The lowest BCUT2D eigenvalue weighted by Crippen LogP contribution is -2.46. The van der Waals surface area contributed by atoms with Gasteiger partial charge in [0, 0.05) is 24.5 Å². The summed E-state index contributed by atoms with van der Waals surface area (Å²) < 4.78 is 0. The molecule has 0 radical (unpaired) electrons. The second kappa shape index (κ2) is 5.61. The number of nitrogens with two attached hydrogens (primary N) is 1. The molecule has 3 heteroatoms. The highest BCUT2D eigenvalue weighted by Crippen LogP contribution is 2.29. The molecule has 1 fully saturated rings. The van der Waals surface area contributed by atoms with Crippen LogP contribution in [0.4, 0.5) is 0 Å². The summed E-state index contributed by atoms with van der Waals surface area (Å²) in [5.41, 5.74) is 7.44. The van der Waals surface area contributed by atoms with Crippen molar-refractivity contribution in [2.24, 2.45) is 5.73 Å². The molecule has 1 aliphatic rings. The summed E-state index contributed by atoms with van der Waals surface area (Å²) in [4.78, 5) is 6.77. The minimum absolute atomic E-state index is 0.139. The largest absolute Gasteiger partial charge is 0.326 e. The van der Waals surface area contributed by atoms with Crippen LogP contribution in [-0.2, 0) is 0 Å². The van der Waals surface area contributed by atoms with E-state index in [4.69, 9.17) is 5.73 Å². The monoisotopic (exact) mass is 233 g/mol. The maximum absolute atomic E-state index is 6.19. The van der Waals surface area contributed by atoms with Gasteiger partial charge in [-0.05, 0) is 44.9 Å². The number of aromatic nitrogens is 1. The lowest BCUT2D eigenvalue weighted by atomic mass is 9.94. The van der Waals surface area contributed by atoms with Crippen molar-refractivity contribution in [3.63, 3.8) is 0 Å². The number of pyridine rings is 1. The Kier molecular flexibility index (Phi) is 4.13. The molecule has 0 aromatic carbocycles. The normalized spacial score (nSPS) is 25.5. The van der Waals surface area contributed by atoms with Crippen molar-refractivity contribution in [2.45, 2.75) is 51.2 Å². The Labute approximate surface area is 104 Å². The second-order valence-corrected chi connectivity index (χ2v) is 5.17. The molecule has 2 N–H and O–H groups in total. The summed E-state index contributed by atoms with van der Waals surface area (Å²) in [5, 5.41) is 0. The summed E-state index contributed by atoms with van der Waals surface area (Å²) in [6.07, 6.45) is 7.68.